The Morgan fingerprint density at radius 1 is 1.57 bits per heavy atom. The molecule has 0 amide bonds. The van der Waals surface area contributed by atoms with Crippen molar-refractivity contribution in [1.29, 1.82) is 0 Å². The van der Waals surface area contributed by atoms with Gasteiger partial charge >= 0.3 is 0 Å². The second-order valence-corrected chi connectivity index (χ2v) is 6.31. The summed E-state index contributed by atoms with van der Waals surface area (Å²) < 4.78 is 1.24. The van der Waals surface area contributed by atoms with Gasteiger partial charge in [-0.3, -0.25) is 0 Å². The Bertz CT molecular complexity index is 304. The van der Waals surface area contributed by atoms with Crippen molar-refractivity contribution in [2.24, 2.45) is 5.41 Å². The van der Waals surface area contributed by atoms with Crippen molar-refractivity contribution in [2.45, 2.75) is 32.7 Å². The van der Waals surface area contributed by atoms with Crippen LogP contribution in [-0.2, 0) is 6.54 Å². The van der Waals surface area contributed by atoms with Crippen LogP contribution in [0.1, 0.15) is 31.1 Å². The highest BCUT2D eigenvalue weighted by molar-refractivity contribution is 9.10. The lowest BCUT2D eigenvalue weighted by Gasteiger charge is -2.38. The molecular formula is C11H16BrNS. The minimum atomic E-state index is 0.587. The van der Waals surface area contributed by atoms with E-state index in [0.29, 0.717) is 5.41 Å². The summed E-state index contributed by atoms with van der Waals surface area (Å²) in [4.78, 5) is 1.41. The molecule has 0 atom stereocenters. The Balaban J connectivity index is 1.75. The third kappa shape index (κ3) is 2.38. The van der Waals surface area contributed by atoms with Gasteiger partial charge in [0, 0.05) is 22.4 Å². The first-order chi connectivity index (χ1) is 6.70. The number of hydrogen-bond donors (Lipinski definition) is 1. The SMILES string of the molecule is CC1(CNCc2sccc2Br)CCC1. The van der Waals surface area contributed by atoms with Crippen molar-refractivity contribution in [1.82, 2.24) is 5.32 Å². The van der Waals surface area contributed by atoms with E-state index in [1.165, 1.54) is 28.6 Å². The van der Waals surface area contributed by atoms with Crippen LogP contribution in [0.15, 0.2) is 15.9 Å². The van der Waals surface area contributed by atoms with E-state index in [1.807, 2.05) is 11.3 Å². The lowest BCUT2D eigenvalue weighted by atomic mass is 9.70. The Morgan fingerprint density at radius 3 is 2.86 bits per heavy atom. The minimum absolute atomic E-state index is 0.587. The molecule has 0 unspecified atom stereocenters. The summed E-state index contributed by atoms with van der Waals surface area (Å²) >= 11 is 5.36. The summed E-state index contributed by atoms with van der Waals surface area (Å²) in [5.41, 5.74) is 0.587. The van der Waals surface area contributed by atoms with E-state index >= 15 is 0 Å². The number of halogens is 1. The van der Waals surface area contributed by atoms with Crippen molar-refractivity contribution >= 4 is 27.3 Å². The fourth-order valence-electron chi connectivity index (χ4n) is 1.89. The van der Waals surface area contributed by atoms with Gasteiger partial charge in [-0.1, -0.05) is 13.3 Å². The lowest BCUT2D eigenvalue weighted by molar-refractivity contribution is 0.156. The molecular weight excluding hydrogens is 258 g/mol. The molecule has 1 N–H and O–H groups in total. The van der Waals surface area contributed by atoms with Crippen molar-refractivity contribution < 1.29 is 0 Å². The van der Waals surface area contributed by atoms with Gasteiger partial charge in [-0.25, -0.2) is 0 Å². The van der Waals surface area contributed by atoms with Crippen LogP contribution in [0, 0.1) is 5.41 Å². The quantitative estimate of drug-likeness (QED) is 0.880. The molecule has 1 aliphatic carbocycles. The fraction of sp³-hybridized carbons (Fsp3) is 0.636. The molecule has 0 aromatic carbocycles. The predicted octanol–water partition coefficient (Wildman–Crippen LogP) is 3.79. The Morgan fingerprint density at radius 2 is 2.36 bits per heavy atom. The maximum atomic E-state index is 3.55. The minimum Gasteiger partial charge on any atom is -0.311 e. The average molecular weight is 274 g/mol. The zero-order chi connectivity index (χ0) is 10.0. The first-order valence-electron chi connectivity index (χ1n) is 5.12. The van der Waals surface area contributed by atoms with E-state index in [9.17, 15) is 0 Å². The summed E-state index contributed by atoms with van der Waals surface area (Å²) in [6, 6.07) is 2.12. The molecule has 1 saturated carbocycles. The molecule has 1 aliphatic rings. The van der Waals surface area contributed by atoms with Crippen LogP contribution in [0.2, 0.25) is 0 Å². The van der Waals surface area contributed by atoms with Gasteiger partial charge in [0.2, 0.25) is 0 Å². The highest BCUT2D eigenvalue weighted by Gasteiger charge is 2.30. The first kappa shape index (κ1) is 10.7. The van der Waals surface area contributed by atoms with Crippen LogP contribution in [0.3, 0.4) is 0 Å². The van der Waals surface area contributed by atoms with Crippen LogP contribution in [0.25, 0.3) is 0 Å². The molecule has 1 heterocycles. The van der Waals surface area contributed by atoms with Crippen molar-refractivity contribution in [3.63, 3.8) is 0 Å². The topological polar surface area (TPSA) is 12.0 Å². The third-order valence-electron chi connectivity index (χ3n) is 3.09. The summed E-state index contributed by atoms with van der Waals surface area (Å²) in [6.07, 6.45) is 4.21. The molecule has 3 heteroatoms. The number of hydrogen-bond acceptors (Lipinski definition) is 2. The van der Waals surface area contributed by atoms with Gasteiger partial charge in [-0.2, -0.15) is 0 Å². The van der Waals surface area contributed by atoms with Crippen LogP contribution in [-0.4, -0.2) is 6.54 Å². The smallest absolute Gasteiger partial charge is 0.0327 e. The number of nitrogens with one attached hydrogen (secondary N) is 1. The summed E-state index contributed by atoms with van der Waals surface area (Å²) in [5, 5.41) is 5.68. The summed E-state index contributed by atoms with van der Waals surface area (Å²) in [7, 11) is 0. The van der Waals surface area contributed by atoms with Gasteiger partial charge in [0.05, 0.1) is 0 Å². The third-order valence-corrected chi connectivity index (χ3v) is 5.02. The standard InChI is InChI=1S/C11H16BrNS/c1-11(4-2-5-11)8-13-7-10-9(12)3-6-14-10/h3,6,13H,2,4-5,7-8H2,1H3. The van der Waals surface area contributed by atoms with Crippen LogP contribution >= 0.6 is 27.3 Å². The summed E-state index contributed by atoms with van der Waals surface area (Å²) in [6.45, 7) is 4.55. The van der Waals surface area contributed by atoms with Crippen LogP contribution < -0.4 is 5.32 Å². The zero-order valence-corrected chi connectivity index (χ0v) is 10.9. The van der Waals surface area contributed by atoms with Crippen LogP contribution in [0.4, 0.5) is 0 Å². The molecule has 1 aromatic rings. The molecule has 1 aromatic heterocycles. The molecule has 1 nitrogen and oxygen atoms in total. The molecule has 2 rings (SSSR count). The van der Waals surface area contributed by atoms with Crippen LogP contribution in [0.5, 0.6) is 0 Å². The summed E-state index contributed by atoms with van der Waals surface area (Å²) in [5.74, 6) is 0. The Hall–Kier alpha value is 0.140. The highest BCUT2D eigenvalue weighted by Crippen LogP contribution is 2.39. The van der Waals surface area contributed by atoms with E-state index in [2.05, 4.69) is 39.6 Å². The van der Waals surface area contributed by atoms with Gasteiger partial charge in [0.25, 0.3) is 0 Å². The fourth-order valence-corrected chi connectivity index (χ4v) is 3.35. The Kier molecular flexibility index (Phi) is 3.30. The normalized spacial score (nSPS) is 19.3. The van der Waals surface area contributed by atoms with Crippen molar-refractivity contribution in [2.75, 3.05) is 6.54 Å². The molecule has 78 valence electrons. The monoisotopic (exact) mass is 273 g/mol. The molecule has 0 saturated heterocycles. The Labute approximate surface area is 98.0 Å². The van der Waals surface area contributed by atoms with Gasteiger partial charge < -0.3 is 5.32 Å². The highest BCUT2D eigenvalue weighted by atomic mass is 79.9. The molecule has 0 radical (unpaired) electrons. The van der Waals surface area contributed by atoms with E-state index in [1.54, 1.807) is 0 Å². The van der Waals surface area contributed by atoms with Gasteiger partial charge in [0.1, 0.15) is 0 Å². The molecule has 0 bridgehead atoms. The maximum Gasteiger partial charge on any atom is 0.0327 e. The van der Waals surface area contributed by atoms with E-state index in [-0.39, 0.29) is 0 Å². The van der Waals surface area contributed by atoms with E-state index in [0.717, 1.165) is 13.1 Å². The number of thiophene rings is 1. The molecule has 14 heavy (non-hydrogen) atoms. The molecule has 0 spiro atoms. The van der Waals surface area contributed by atoms with Gasteiger partial charge in [-0.15, -0.1) is 11.3 Å². The van der Waals surface area contributed by atoms with Gasteiger partial charge in [-0.05, 0) is 45.6 Å². The lowest BCUT2D eigenvalue weighted by Crippen LogP contribution is -2.36. The second kappa shape index (κ2) is 4.33. The molecule has 1 fully saturated rings. The average Bonchev–Trinajstić information content (AvgIpc) is 2.49. The number of rotatable bonds is 4. The van der Waals surface area contributed by atoms with Crippen molar-refractivity contribution in [3.05, 3.63) is 20.8 Å². The van der Waals surface area contributed by atoms with Gasteiger partial charge in [0.15, 0.2) is 0 Å². The van der Waals surface area contributed by atoms with E-state index in [4.69, 9.17) is 0 Å². The second-order valence-electron chi connectivity index (χ2n) is 4.46. The molecule has 0 aliphatic heterocycles. The predicted molar refractivity (Wildman–Crippen MR) is 65.7 cm³/mol. The van der Waals surface area contributed by atoms with Crippen molar-refractivity contribution in [3.8, 4) is 0 Å². The maximum absolute atomic E-state index is 3.55. The zero-order valence-electron chi connectivity index (χ0n) is 8.48. The van der Waals surface area contributed by atoms with E-state index < -0.39 is 0 Å². The first-order valence-corrected chi connectivity index (χ1v) is 6.79. The largest absolute Gasteiger partial charge is 0.311 e.